The molecule has 38 heavy (non-hydrogen) atoms. The Bertz CT molecular complexity index is 1300. The SMILES string of the molecule is C=CC=O.COC1=Cc2ncnc(Nc3ccc(CCc4ccccc4)c(Cl)c3F)c2CC1C1CN(C)C1. The van der Waals surface area contributed by atoms with Crippen molar-refractivity contribution < 1.29 is 13.9 Å². The first-order chi connectivity index (χ1) is 18.4. The number of aryl methyl sites for hydroxylation is 2. The molecule has 6 nitrogen and oxygen atoms in total. The smallest absolute Gasteiger partial charge is 0.165 e. The third-order valence-corrected chi connectivity index (χ3v) is 7.39. The molecule has 0 bridgehead atoms. The number of hydrogen-bond donors (Lipinski definition) is 1. The van der Waals surface area contributed by atoms with E-state index in [1.165, 1.54) is 18.0 Å². The van der Waals surface area contributed by atoms with Gasteiger partial charge in [0.2, 0.25) is 0 Å². The fraction of sp³-hybridized carbons (Fsp3) is 0.300. The molecule has 1 fully saturated rings. The van der Waals surface area contributed by atoms with Gasteiger partial charge in [-0.1, -0.05) is 54.6 Å². The minimum atomic E-state index is -0.458. The summed E-state index contributed by atoms with van der Waals surface area (Å²) >= 11 is 6.44. The maximum absolute atomic E-state index is 15.3. The van der Waals surface area contributed by atoms with E-state index >= 15 is 4.39 Å². The van der Waals surface area contributed by atoms with Crippen molar-refractivity contribution in [3.8, 4) is 0 Å². The lowest BCUT2D eigenvalue weighted by molar-refractivity contribution is -0.104. The first kappa shape index (κ1) is 27.5. The molecule has 0 amide bonds. The molecule has 2 heterocycles. The average molecular weight is 535 g/mol. The summed E-state index contributed by atoms with van der Waals surface area (Å²) in [5, 5.41) is 3.34. The quantitative estimate of drug-likeness (QED) is 0.287. The molecule has 1 saturated heterocycles. The van der Waals surface area contributed by atoms with Crippen LogP contribution in [0.25, 0.3) is 6.08 Å². The van der Waals surface area contributed by atoms with Gasteiger partial charge in [0.05, 0.1) is 23.5 Å². The van der Waals surface area contributed by atoms with Crippen LogP contribution in [0.4, 0.5) is 15.9 Å². The summed E-state index contributed by atoms with van der Waals surface area (Å²) in [5.41, 5.74) is 4.09. The summed E-state index contributed by atoms with van der Waals surface area (Å²) in [5.74, 6) is 1.88. The Morgan fingerprint density at radius 1 is 1.18 bits per heavy atom. The molecule has 1 aliphatic carbocycles. The van der Waals surface area contributed by atoms with Gasteiger partial charge < -0.3 is 15.0 Å². The van der Waals surface area contributed by atoms with Crippen molar-refractivity contribution in [3.63, 3.8) is 0 Å². The van der Waals surface area contributed by atoms with E-state index in [4.69, 9.17) is 21.1 Å². The zero-order valence-electron chi connectivity index (χ0n) is 21.7. The van der Waals surface area contributed by atoms with Gasteiger partial charge in [0.1, 0.15) is 24.2 Å². The van der Waals surface area contributed by atoms with Crippen LogP contribution in [0.3, 0.4) is 0 Å². The summed E-state index contributed by atoms with van der Waals surface area (Å²) in [6, 6.07) is 13.8. The van der Waals surface area contributed by atoms with Gasteiger partial charge in [-0.25, -0.2) is 14.4 Å². The maximum Gasteiger partial charge on any atom is 0.165 e. The van der Waals surface area contributed by atoms with E-state index in [1.54, 1.807) is 13.2 Å². The zero-order chi connectivity index (χ0) is 27.1. The van der Waals surface area contributed by atoms with Crippen molar-refractivity contribution in [1.29, 1.82) is 0 Å². The number of aromatic nitrogens is 2. The first-order valence-corrected chi connectivity index (χ1v) is 12.9. The molecule has 2 aromatic carbocycles. The average Bonchev–Trinajstić information content (AvgIpc) is 2.93. The Hall–Kier alpha value is -3.55. The fourth-order valence-electron chi connectivity index (χ4n) is 4.96. The Morgan fingerprint density at radius 2 is 1.92 bits per heavy atom. The Balaban J connectivity index is 0.000000786. The van der Waals surface area contributed by atoms with Gasteiger partial charge >= 0.3 is 0 Å². The predicted octanol–water partition coefficient (Wildman–Crippen LogP) is 5.89. The molecule has 2 aliphatic rings. The second-order valence-electron chi connectivity index (χ2n) is 9.51. The number of fused-ring (bicyclic) bond motifs is 1. The van der Waals surface area contributed by atoms with Crippen molar-refractivity contribution in [3.05, 3.63) is 100 Å². The molecule has 1 aromatic heterocycles. The van der Waals surface area contributed by atoms with Crippen LogP contribution < -0.4 is 5.32 Å². The number of likely N-dealkylation sites (tertiary alicyclic amines) is 1. The molecule has 1 N–H and O–H groups in total. The number of hydrogen-bond acceptors (Lipinski definition) is 6. The number of rotatable bonds is 8. The summed E-state index contributed by atoms with van der Waals surface area (Å²) in [7, 11) is 3.83. The van der Waals surface area contributed by atoms with Crippen molar-refractivity contribution in [1.82, 2.24) is 14.9 Å². The van der Waals surface area contributed by atoms with Gasteiger partial charge in [-0.15, -0.1) is 0 Å². The lowest BCUT2D eigenvalue weighted by Gasteiger charge is -2.42. The van der Waals surface area contributed by atoms with Crippen molar-refractivity contribution >= 4 is 35.5 Å². The number of aldehydes is 1. The van der Waals surface area contributed by atoms with E-state index in [9.17, 15) is 0 Å². The van der Waals surface area contributed by atoms with Crippen LogP contribution in [0, 0.1) is 17.7 Å². The van der Waals surface area contributed by atoms with Crippen LogP contribution in [0.15, 0.2) is 67.2 Å². The number of allylic oxidation sites excluding steroid dienone is 2. The molecule has 198 valence electrons. The summed E-state index contributed by atoms with van der Waals surface area (Å²) in [6.45, 7) is 5.18. The van der Waals surface area contributed by atoms with Crippen molar-refractivity contribution in [2.75, 3.05) is 32.6 Å². The van der Waals surface area contributed by atoms with Gasteiger partial charge in [0.15, 0.2) is 5.82 Å². The van der Waals surface area contributed by atoms with Gasteiger partial charge in [0.25, 0.3) is 0 Å². The Kier molecular flexibility index (Phi) is 9.26. The van der Waals surface area contributed by atoms with E-state index < -0.39 is 5.82 Å². The van der Waals surface area contributed by atoms with E-state index in [-0.39, 0.29) is 10.9 Å². The van der Waals surface area contributed by atoms with Gasteiger partial charge in [-0.3, -0.25) is 4.79 Å². The normalized spacial score (nSPS) is 16.7. The lowest BCUT2D eigenvalue weighted by atomic mass is 9.77. The molecular weight excluding hydrogens is 503 g/mol. The molecule has 1 atom stereocenters. The predicted molar refractivity (Wildman–Crippen MR) is 150 cm³/mol. The Morgan fingerprint density at radius 3 is 2.58 bits per heavy atom. The number of carbonyl (C=O) groups is 1. The number of nitrogens with zero attached hydrogens (tertiary/aromatic N) is 3. The third kappa shape index (κ3) is 6.29. The highest BCUT2D eigenvalue weighted by atomic mass is 35.5. The fourth-order valence-corrected chi connectivity index (χ4v) is 5.22. The van der Waals surface area contributed by atoms with Crippen LogP contribution in [0.1, 0.15) is 22.4 Å². The van der Waals surface area contributed by atoms with Gasteiger partial charge in [-0.05, 0) is 55.5 Å². The number of halogens is 2. The van der Waals surface area contributed by atoms with Crippen LogP contribution in [0.2, 0.25) is 5.02 Å². The third-order valence-electron chi connectivity index (χ3n) is 6.98. The van der Waals surface area contributed by atoms with Crippen LogP contribution >= 0.6 is 11.6 Å². The van der Waals surface area contributed by atoms with Crippen molar-refractivity contribution in [2.24, 2.45) is 11.8 Å². The number of carbonyl (C=O) groups excluding carboxylic acids is 1. The zero-order valence-corrected chi connectivity index (χ0v) is 22.4. The molecule has 5 rings (SSSR count). The number of benzene rings is 2. The second-order valence-corrected chi connectivity index (χ2v) is 9.89. The molecule has 0 saturated carbocycles. The molecule has 3 aromatic rings. The topological polar surface area (TPSA) is 67.3 Å². The van der Waals surface area contributed by atoms with E-state index in [1.807, 2.05) is 30.3 Å². The van der Waals surface area contributed by atoms with E-state index in [0.717, 1.165) is 48.5 Å². The molecule has 8 heteroatoms. The minimum Gasteiger partial charge on any atom is -0.501 e. The molecule has 1 aliphatic heterocycles. The molecule has 0 radical (unpaired) electrons. The minimum absolute atomic E-state index is 0.154. The monoisotopic (exact) mass is 534 g/mol. The molecule has 0 spiro atoms. The highest BCUT2D eigenvalue weighted by Gasteiger charge is 2.37. The number of nitrogens with one attached hydrogen (secondary N) is 1. The van der Waals surface area contributed by atoms with Crippen LogP contribution in [0.5, 0.6) is 0 Å². The summed E-state index contributed by atoms with van der Waals surface area (Å²) in [4.78, 5) is 20.2. The summed E-state index contributed by atoms with van der Waals surface area (Å²) in [6.07, 6.45) is 7.55. The standard InChI is InChI=1S/C27H28ClFN4O.C3H4O/c1-33-14-19(15-33)20-12-21-23(13-24(20)34-2)30-16-31-27(21)32-22-11-10-18(25(28)26(22)29)9-8-17-6-4-3-5-7-17;1-2-3-4/h3-7,10-11,13,16,19-20H,8-9,12,14-15H2,1-2H3,(H,30,31,32);2-3H,1H2. The van der Waals surface area contributed by atoms with Gasteiger partial charge in [0, 0.05) is 30.6 Å². The first-order valence-electron chi connectivity index (χ1n) is 12.6. The second kappa shape index (κ2) is 12.8. The Labute approximate surface area is 228 Å². The number of methoxy groups -OCH3 is 1. The van der Waals surface area contributed by atoms with Gasteiger partial charge in [-0.2, -0.15) is 0 Å². The van der Waals surface area contributed by atoms with Crippen LogP contribution in [-0.2, 0) is 28.8 Å². The highest BCUT2D eigenvalue weighted by Crippen LogP contribution is 2.39. The highest BCUT2D eigenvalue weighted by molar-refractivity contribution is 6.31. The van der Waals surface area contributed by atoms with E-state index in [2.05, 4.69) is 45.9 Å². The maximum atomic E-state index is 15.3. The van der Waals surface area contributed by atoms with Crippen molar-refractivity contribution in [2.45, 2.75) is 19.3 Å². The van der Waals surface area contributed by atoms with Crippen LogP contribution in [-0.4, -0.2) is 48.4 Å². The molecular formula is C30H32ClFN4O2. The van der Waals surface area contributed by atoms with E-state index in [0.29, 0.717) is 30.1 Å². The largest absolute Gasteiger partial charge is 0.501 e. The lowest BCUT2D eigenvalue weighted by Crippen LogP contribution is -2.48. The number of ether oxygens (including phenoxy) is 1. The molecule has 1 unspecified atom stereocenters. The summed E-state index contributed by atoms with van der Waals surface area (Å²) < 4.78 is 21.0. The number of anilines is 2.